The molecule has 0 radical (unpaired) electrons. The van der Waals surface area contributed by atoms with Gasteiger partial charge in [-0.1, -0.05) is 6.92 Å². The number of ether oxygens (including phenoxy) is 2. The number of hydrogen-bond donors (Lipinski definition) is 1. The third-order valence-electron chi connectivity index (χ3n) is 3.16. The molecule has 0 aliphatic heterocycles. The monoisotopic (exact) mass is 288 g/mol. The number of nitrogens with zero attached hydrogens (tertiary/aromatic N) is 1. The molecule has 112 valence electrons. The fourth-order valence-corrected chi connectivity index (χ4v) is 2.09. The molecule has 0 unspecified atom stereocenters. The summed E-state index contributed by atoms with van der Waals surface area (Å²) in [6, 6.07) is 7.33. The van der Waals surface area contributed by atoms with E-state index in [0.717, 1.165) is 12.1 Å². The minimum absolute atomic E-state index is 0.124. The summed E-state index contributed by atoms with van der Waals surface area (Å²) in [5.41, 5.74) is 1.31. The van der Waals surface area contributed by atoms with Gasteiger partial charge in [0.2, 0.25) is 0 Å². The van der Waals surface area contributed by atoms with Gasteiger partial charge in [-0.2, -0.15) is 0 Å². The van der Waals surface area contributed by atoms with Crippen molar-refractivity contribution >= 4 is 5.91 Å². The lowest BCUT2D eigenvalue weighted by molar-refractivity contribution is 0.0953. The van der Waals surface area contributed by atoms with Gasteiger partial charge in [-0.3, -0.25) is 4.79 Å². The lowest BCUT2D eigenvalue weighted by Gasteiger charge is -2.15. The molecular formula is C16H20N2O3. The van der Waals surface area contributed by atoms with Crippen LogP contribution in [0.1, 0.15) is 23.7 Å². The van der Waals surface area contributed by atoms with Crippen LogP contribution in [0.3, 0.4) is 0 Å². The highest BCUT2D eigenvalue weighted by Gasteiger charge is 2.17. The Labute approximate surface area is 124 Å². The Morgan fingerprint density at radius 3 is 2.33 bits per heavy atom. The van der Waals surface area contributed by atoms with Crippen LogP contribution >= 0.6 is 0 Å². The van der Waals surface area contributed by atoms with Crippen molar-refractivity contribution in [3.8, 4) is 17.2 Å². The lowest BCUT2D eigenvalue weighted by Crippen LogP contribution is -2.25. The van der Waals surface area contributed by atoms with E-state index in [2.05, 4.69) is 5.32 Å². The Kier molecular flexibility index (Phi) is 4.87. The lowest BCUT2D eigenvalue weighted by atomic mass is 10.1. The van der Waals surface area contributed by atoms with Gasteiger partial charge in [0.25, 0.3) is 5.91 Å². The van der Waals surface area contributed by atoms with Crippen LogP contribution in [-0.4, -0.2) is 31.2 Å². The summed E-state index contributed by atoms with van der Waals surface area (Å²) < 4.78 is 12.5. The quantitative estimate of drug-likeness (QED) is 0.889. The molecule has 2 aromatic rings. The average Bonchev–Trinajstić information content (AvgIpc) is 3.05. The largest absolute Gasteiger partial charge is 0.493 e. The van der Waals surface area contributed by atoms with Crippen molar-refractivity contribution in [2.24, 2.45) is 0 Å². The maximum absolute atomic E-state index is 12.4. The Hall–Kier alpha value is -2.43. The molecule has 0 saturated carbocycles. The van der Waals surface area contributed by atoms with Crippen molar-refractivity contribution in [2.45, 2.75) is 13.3 Å². The fraction of sp³-hybridized carbons (Fsp3) is 0.312. The first-order valence-corrected chi connectivity index (χ1v) is 6.88. The predicted octanol–water partition coefficient (Wildman–Crippen LogP) is 2.63. The number of rotatable bonds is 6. The van der Waals surface area contributed by atoms with Gasteiger partial charge in [-0.15, -0.1) is 0 Å². The molecule has 1 amide bonds. The standard InChI is InChI=1S/C16H20N2O3/c1-4-7-17-16(19)12-10-14(20-2)15(21-3)11-13(12)18-8-5-6-9-18/h5-6,8-11H,4,7H2,1-3H3,(H,17,19). The zero-order valence-electron chi connectivity index (χ0n) is 12.6. The van der Waals surface area contributed by atoms with E-state index in [9.17, 15) is 4.79 Å². The smallest absolute Gasteiger partial charge is 0.253 e. The molecule has 0 bridgehead atoms. The van der Waals surface area contributed by atoms with Crippen LogP contribution in [0.4, 0.5) is 0 Å². The molecule has 0 saturated heterocycles. The van der Waals surface area contributed by atoms with Gasteiger partial charge in [0, 0.05) is 25.0 Å². The molecule has 0 spiro atoms. The Balaban J connectivity index is 2.52. The van der Waals surface area contributed by atoms with E-state index < -0.39 is 0 Å². The summed E-state index contributed by atoms with van der Waals surface area (Å²) in [7, 11) is 3.13. The molecule has 0 atom stereocenters. The summed E-state index contributed by atoms with van der Waals surface area (Å²) in [4.78, 5) is 12.4. The van der Waals surface area contributed by atoms with Gasteiger partial charge in [-0.25, -0.2) is 0 Å². The van der Waals surface area contributed by atoms with Crippen LogP contribution in [0.2, 0.25) is 0 Å². The van der Waals surface area contributed by atoms with E-state index in [0.29, 0.717) is 23.6 Å². The number of carbonyl (C=O) groups excluding carboxylic acids is 1. The van der Waals surface area contributed by atoms with Crippen LogP contribution in [-0.2, 0) is 0 Å². The number of nitrogens with one attached hydrogen (secondary N) is 1. The second kappa shape index (κ2) is 6.83. The third-order valence-corrected chi connectivity index (χ3v) is 3.16. The van der Waals surface area contributed by atoms with Gasteiger partial charge in [0.1, 0.15) is 0 Å². The second-order valence-electron chi connectivity index (χ2n) is 4.57. The van der Waals surface area contributed by atoms with Gasteiger partial charge < -0.3 is 19.4 Å². The maximum atomic E-state index is 12.4. The van der Waals surface area contributed by atoms with E-state index in [4.69, 9.17) is 9.47 Å². The maximum Gasteiger partial charge on any atom is 0.253 e. The van der Waals surface area contributed by atoms with Crippen LogP contribution in [0.25, 0.3) is 5.69 Å². The molecule has 1 aromatic carbocycles. The summed E-state index contributed by atoms with van der Waals surface area (Å²) in [5.74, 6) is 1.00. The molecule has 1 N–H and O–H groups in total. The number of benzene rings is 1. The first-order valence-electron chi connectivity index (χ1n) is 6.88. The van der Waals surface area contributed by atoms with E-state index in [1.807, 2.05) is 36.0 Å². The first-order chi connectivity index (χ1) is 10.2. The number of aromatic nitrogens is 1. The van der Waals surface area contributed by atoms with Crippen LogP contribution in [0, 0.1) is 0 Å². The summed E-state index contributed by atoms with van der Waals surface area (Å²) in [6.45, 7) is 2.65. The fourth-order valence-electron chi connectivity index (χ4n) is 2.09. The van der Waals surface area contributed by atoms with Crippen LogP contribution in [0.5, 0.6) is 11.5 Å². The van der Waals surface area contributed by atoms with Gasteiger partial charge in [-0.05, 0) is 24.6 Å². The number of carbonyl (C=O) groups is 1. The van der Waals surface area contributed by atoms with E-state index in [-0.39, 0.29) is 5.91 Å². The Bertz CT molecular complexity index is 606. The first kappa shape index (κ1) is 15.0. The van der Waals surface area contributed by atoms with Gasteiger partial charge in [0.05, 0.1) is 25.5 Å². The Morgan fingerprint density at radius 2 is 1.76 bits per heavy atom. The van der Waals surface area contributed by atoms with Crippen molar-refractivity contribution in [1.82, 2.24) is 9.88 Å². The van der Waals surface area contributed by atoms with Crippen molar-refractivity contribution < 1.29 is 14.3 Å². The van der Waals surface area contributed by atoms with Crippen molar-refractivity contribution in [2.75, 3.05) is 20.8 Å². The second-order valence-corrected chi connectivity index (χ2v) is 4.57. The van der Waals surface area contributed by atoms with Gasteiger partial charge in [0.15, 0.2) is 11.5 Å². The SMILES string of the molecule is CCCNC(=O)c1cc(OC)c(OC)cc1-n1cccc1. The molecule has 5 nitrogen and oxygen atoms in total. The van der Waals surface area contributed by atoms with Crippen LogP contribution in [0.15, 0.2) is 36.7 Å². The molecule has 5 heteroatoms. The summed E-state index contributed by atoms with van der Waals surface area (Å²) >= 11 is 0. The zero-order chi connectivity index (χ0) is 15.2. The highest BCUT2D eigenvalue weighted by atomic mass is 16.5. The molecule has 2 rings (SSSR count). The van der Waals surface area contributed by atoms with Crippen molar-refractivity contribution in [3.63, 3.8) is 0 Å². The van der Waals surface area contributed by atoms with E-state index in [1.54, 1.807) is 26.4 Å². The van der Waals surface area contributed by atoms with Crippen molar-refractivity contribution in [1.29, 1.82) is 0 Å². The zero-order valence-corrected chi connectivity index (χ0v) is 12.6. The third kappa shape index (κ3) is 3.18. The van der Waals surface area contributed by atoms with Gasteiger partial charge >= 0.3 is 0 Å². The summed E-state index contributed by atoms with van der Waals surface area (Å²) in [6.07, 6.45) is 4.66. The Morgan fingerprint density at radius 1 is 1.14 bits per heavy atom. The van der Waals surface area contributed by atoms with E-state index >= 15 is 0 Å². The molecule has 0 aliphatic carbocycles. The number of methoxy groups -OCH3 is 2. The number of hydrogen-bond acceptors (Lipinski definition) is 3. The highest BCUT2D eigenvalue weighted by Crippen LogP contribution is 2.32. The molecule has 1 heterocycles. The predicted molar refractivity (Wildman–Crippen MR) is 81.5 cm³/mol. The normalized spacial score (nSPS) is 10.2. The average molecular weight is 288 g/mol. The highest BCUT2D eigenvalue weighted by molar-refractivity contribution is 5.98. The van der Waals surface area contributed by atoms with Crippen molar-refractivity contribution in [3.05, 3.63) is 42.2 Å². The molecule has 21 heavy (non-hydrogen) atoms. The minimum atomic E-state index is -0.124. The molecule has 0 aliphatic rings. The molecule has 1 aromatic heterocycles. The molecule has 0 fully saturated rings. The van der Waals surface area contributed by atoms with E-state index in [1.165, 1.54) is 0 Å². The molecular weight excluding hydrogens is 268 g/mol. The summed E-state index contributed by atoms with van der Waals surface area (Å²) in [5, 5.41) is 2.89. The minimum Gasteiger partial charge on any atom is -0.493 e. The van der Waals surface area contributed by atoms with Crippen LogP contribution < -0.4 is 14.8 Å². The number of amides is 1. The topological polar surface area (TPSA) is 52.5 Å².